The quantitative estimate of drug-likeness (QED) is 0.728. The minimum atomic E-state index is -0.0208. The fourth-order valence-corrected chi connectivity index (χ4v) is 4.39. The van der Waals surface area contributed by atoms with E-state index in [9.17, 15) is 9.59 Å². The third-order valence-corrected chi connectivity index (χ3v) is 6.35. The fraction of sp³-hybridized carbons (Fsp3) is 0.360. The van der Waals surface area contributed by atoms with E-state index in [-0.39, 0.29) is 17.5 Å². The minimum Gasteiger partial charge on any atom is -0.296 e. The highest BCUT2D eigenvalue weighted by Crippen LogP contribution is 2.33. The summed E-state index contributed by atoms with van der Waals surface area (Å²) in [7, 11) is 0. The second-order valence-electron chi connectivity index (χ2n) is 8.17. The molecular formula is C25H27NO2. The first-order valence-corrected chi connectivity index (χ1v) is 10.2. The molecule has 3 heteroatoms. The van der Waals surface area contributed by atoms with E-state index in [4.69, 9.17) is 0 Å². The number of fused-ring (bicyclic) bond motifs is 1. The van der Waals surface area contributed by atoms with Crippen LogP contribution < -0.4 is 0 Å². The first kappa shape index (κ1) is 18.8. The van der Waals surface area contributed by atoms with Gasteiger partial charge in [0.1, 0.15) is 0 Å². The molecule has 0 bridgehead atoms. The monoisotopic (exact) mass is 373 g/mol. The fourth-order valence-electron chi connectivity index (χ4n) is 4.39. The Morgan fingerprint density at radius 1 is 1.04 bits per heavy atom. The Bertz CT molecular complexity index is 935. The smallest absolute Gasteiger partial charge is 0.176 e. The molecule has 1 fully saturated rings. The van der Waals surface area contributed by atoms with Crippen LogP contribution in [-0.2, 0) is 0 Å². The Balaban J connectivity index is 1.35. The highest BCUT2D eigenvalue weighted by Gasteiger charge is 2.33. The summed E-state index contributed by atoms with van der Waals surface area (Å²) in [6, 6.07) is 13.8. The highest BCUT2D eigenvalue weighted by atomic mass is 16.1. The summed E-state index contributed by atoms with van der Waals surface area (Å²) in [5, 5.41) is 0. The molecule has 0 saturated carbocycles. The third kappa shape index (κ3) is 3.72. The van der Waals surface area contributed by atoms with Gasteiger partial charge in [-0.15, -0.1) is 0 Å². The minimum absolute atomic E-state index is 0.0208. The molecule has 1 saturated heterocycles. The van der Waals surface area contributed by atoms with Crippen LogP contribution in [0.15, 0.2) is 48.5 Å². The maximum absolute atomic E-state index is 12.9. The number of carbonyl (C=O) groups is 2. The molecule has 1 unspecified atom stereocenters. The topological polar surface area (TPSA) is 37.4 Å². The van der Waals surface area contributed by atoms with E-state index in [0.717, 1.165) is 48.2 Å². The molecule has 1 aliphatic heterocycles. The molecule has 0 amide bonds. The Morgan fingerprint density at radius 2 is 1.79 bits per heavy atom. The van der Waals surface area contributed by atoms with Crippen LogP contribution in [0.3, 0.4) is 0 Å². The Kier molecular flexibility index (Phi) is 5.27. The molecule has 0 N–H and O–H groups in total. The van der Waals surface area contributed by atoms with E-state index >= 15 is 0 Å². The molecule has 4 rings (SSSR count). The van der Waals surface area contributed by atoms with Gasteiger partial charge in [-0.05, 0) is 68.5 Å². The van der Waals surface area contributed by atoms with Crippen LogP contribution in [0.1, 0.15) is 50.2 Å². The van der Waals surface area contributed by atoms with Gasteiger partial charge in [0, 0.05) is 17.0 Å². The van der Waals surface area contributed by atoms with Gasteiger partial charge in [0.05, 0.1) is 6.54 Å². The first-order valence-electron chi connectivity index (χ1n) is 10.2. The number of hydrogen-bond donors (Lipinski definition) is 0. The average molecular weight is 373 g/mol. The summed E-state index contributed by atoms with van der Waals surface area (Å²) in [5.74, 6) is 0.782. The van der Waals surface area contributed by atoms with Crippen molar-refractivity contribution in [1.82, 2.24) is 4.90 Å². The normalized spacial score (nSPS) is 20.2. The van der Waals surface area contributed by atoms with E-state index in [1.54, 1.807) is 0 Å². The maximum Gasteiger partial charge on any atom is 0.176 e. The Labute approximate surface area is 167 Å². The SMILES string of the molecule is Cc1ccc(C(=O)CN2CCC(C3C=Cc4ccccc4C3=O)CC2)cc1C. The molecule has 2 aromatic carbocycles. The number of allylic oxidation sites excluding steroid dienone is 1. The molecule has 0 spiro atoms. The second kappa shape index (κ2) is 7.84. The van der Waals surface area contributed by atoms with Crippen molar-refractivity contribution in [2.45, 2.75) is 26.7 Å². The van der Waals surface area contributed by atoms with E-state index in [2.05, 4.69) is 24.0 Å². The molecular weight excluding hydrogens is 346 g/mol. The number of piperidine rings is 1. The molecule has 28 heavy (non-hydrogen) atoms. The van der Waals surface area contributed by atoms with Crippen LogP contribution >= 0.6 is 0 Å². The van der Waals surface area contributed by atoms with Crippen molar-refractivity contribution < 1.29 is 9.59 Å². The number of Topliss-reactive ketones (excluding diaryl/α,β-unsaturated/α-hetero) is 2. The van der Waals surface area contributed by atoms with Gasteiger partial charge in [-0.25, -0.2) is 0 Å². The number of aryl methyl sites for hydroxylation is 2. The molecule has 144 valence electrons. The zero-order valence-electron chi connectivity index (χ0n) is 16.7. The zero-order chi connectivity index (χ0) is 19.7. The lowest BCUT2D eigenvalue weighted by Gasteiger charge is -2.35. The van der Waals surface area contributed by atoms with Gasteiger partial charge in [-0.2, -0.15) is 0 Å². The molecule has 2 aromatic rings. The van der Waals surface area contributed by atoms with Crippen LogP contribution in [0, 0.1) is 25.7 Å². The third-order valence-electron chi connectivity index (χ3n) is 6.35. The van der Waals surface area contributed by atoms with Crippen LogP contribution in [0.25, 0.3) is 6.08 Å². The van der Waals surface area contributed by atoms with Crippen molar-refractivity contribution in [2.75, 3.05) is 19.6 Å². The van der Waals surface area contributed by atoms with E-state index in [0.29, 0.717) is 12.5 Å². The van der Waals surface area contributed by atoms with Crippen molar-refractivity contribution in [3.63, 3.8) is 0 Å². The maximum atomic E-state index is 12.9. The molecule has 0 aromatic heterocycles. The van der Waals surface area contributed by atoms with Crippen molar-refractivity contribution >= 4 is 17.6 Å². The van der Waals surface area contributed by atoms with Gasteiger partial charge in [0.2, 0.25) is 0 Å². The van der Waals surface area contributed by atoms with E-state index in [1.807, 2.05) is 49.4 Å². The summed E-state index contributed by atoms with van der Waals surface area (Å²) >= 11 is 0. The first-order chi connectivity index (χ1) is 13.5. The van der Waals surface area contributed by atoms with Gasteiger partial charge in [0.15, 0.2) is 11.6 Å². The van der Waals surface area contributed by atoms with Crippen molar-refractivity contribution in [2.24, 2.45) is 11.8 Å². The Morgan fingerprint density at radius 3 is 2.54 bits per heavy atom. The van der Waals surface area contributed by atoms with Gasteiger partial charge in [0.25, 0.3) is 0 Å². The van der Waals surface area contributed by atoms with Crippen LogP contribution in [-0.4, -0.2) is 36.1 Å². The molecule has 0 radical (unpaired) electrons. The van der Waals surface area contributed by atoms with Crippen molar-refractivity contribution in [3.8, 4) is 0 Å². The number of hydrogen-bond acceptors (Lipinski definition) is 3. The summed E-state index contributed by atoms with van der Waals surface area (Å²) in [6.45, 7) is 6.33. The molecule has 3 nitrogen and oxygen atoms in total. The predicted molar refractivity (Wildman–Crippen MR) is 113 cm³/mol. The summed E-state index contributed by atoms with van der Waals surface area (Å²) in [4.78, 5) is 27.8. The standard InChI is InChI=1S/C25H27NO2/c1-17-7-8-21(15-18(17)2)24(27)16-26-13-11-20(12-14-26)23-10-9-19-5-3-4-6-22(19)25(23)28/h3-10,15,20,23H,11-14,16H2,1-2H3. The van der Waals surface area contributed by atoms with E-state index in [1.165, 1.54) is 5.56 Å². The van der Waals surface area contributed by atoms with Crippen LogP contribution in [0.2, 0.25) is 0 Å². The van der Waals surface area contributed by atoms with Gasteiger partial charge >= 0.3 is 0 Å². The largest absolute Gasteiger partial charge is 0.296 e. The number of carbonyl (C=O) groups excluding carboxylic acids is 2. The van der Waals surface area contributed by atoms with Gasteiger partial charge in [-0.3, -0.25) is 14.5 Å². The lowest BCUT2D eigenvalue weighted by molar-refractivity contribution is 0.0801. The molecule has 1 heterocycles. The van der Waals surface area contributed by atoms with Crippen LogP contribution in [0.4, 0.5) is 0 Å². The van der Waals surface area contributed by atoms with Gasteiger partial charge in [-0.1, -0.05) is 48.6 Å². The second-order valence-corrected chi connectivity index (χ2v) is 8.17. The number of likely N-dealkylation sites (tertiary alicyclic amines) is 1. The van der Waals surface area contributed by atoms with Crippen LogP contribution in [0.5, 0.6) is 0 Å². The summed E-state index contributed by atoms with van der Waals surface area (Å²) in [5.41, 5.74) is 5.05. The number of ketones is 2. The van der Waals surface area contributed by atoms with Crippen molar-refractivity contribution in [3.05, 3.63) is 76.4 Å². The molecule has 1 aliphatic carbocycles. The van der Waals surface area contributed by atoms with Gasteiger partial charge < -0.3 is 0 Å². The molecule has 1 atom stereocenters. The summed E-state index contributed by atoms with van der Waals surface area (Å²) in [6.07, 6.45) is 6.11. The van der Waals surface area contributed by atoms with E-state index < -0.39 is 0 Å². The zero-order valence-corrected chi connectivity index (χ0v) is 16.7. The predicted octanol–water partition coefficient (Wildman–Crippen LogP) is 4.72. The lowest BCUT2D eigenvalue weighted by Crippen LogP contribution is -2.40. The number of benzene rings is 2. The summed E-state index contributed by atoms with van der Waals surface area (Å²) < 4.78 is 0. The average Bonchev–Trinajstić information content (AvgIpc) is 2.71. The van der Waals surface area contributed by atoms with Crippen molar-refractivity contribution in [1.29, 1.82) is 0 Å². The Hall–Kier alpha value is -2.52. The highest BCUT2D eigenvalue weighted by molar-refractivity contribution is 6.04. The number of nitrogens with zero attached hydrogens (tertiary/aromatic N) is 1. The molecule has 2 aliphatic rings. The number of rotatable bonds is 4. The lowest BCUT2D eigenvalue weighted by atomic mass is 9.76.